The Morgan fingerprint density at radius 3 is 2.47 bits per heavy atom. The monoisotopic (exact) mass is 272 g/mol. The zero-order chi connectivity index (χ0) is 9.36. The van der Waals surface area contributed by atoms with E-state index in [1.165, 1.54) is 5.56 Å². The van der Waals surface area contributed by atoms with Crippen molar-refractivity contribution in [3.8, 4) is 0 Å². The van der Waals surface area contributed by atoms with E-state index >= 15 is 0 Å². The van der Waals surface area contributed by atoms with Crippen LogP contribution < -0.4 is 10.6 Å². The van der Waals surface area contributed by atoms with Crippen LogP contribution in [0, 0.1) is 0 Å². The lowest BCUT2D eigenvalue weighted by Crippen LogP contribution is -2.28. The highest BCUT2D eigenvalue weighted by Crippen LogP contribution is 2.04. The number of halogens is 2. The first kappa shape index (κ1) is 17.6. The Hall–Kier alpha value is 0.160. The predicted octanol–water partition coefficient (Wildman–Crippen LogP) is 1.26. The van der Waals surface area contributed by atoms with Gasteiger partial charge in [-0.2, -0.15) is 11.3 Å². The minimum atomic E-state index is 0. The van der Waals surface area contributed by atoms with Crippen LogP contribution in [0.25, 0.3) is 0 Å². The smallest absolute Gasteiger partial charge is 0.0555 e. The highest BCUT2D eigenvalue weighted by molar-refractivity contribution is 7.07. The maximum atomic E-state index is 8.49. The van der Waals surface area contributed by atoms with Crippen molar-refractivity contribution in [3.63, 3.8) is 0 Å². The molecule has 6 heteroatoms. The average molecular weight is 273 g/mol. The number of aliphatic hydroxyl groups excluding tert-OH is 1. The van der Waals surface area contributed by atoms with Crippen molar-refractivity contribution in [1.82, 2.24) is 10.6 Å². The Morgan fingerprint density at radius 1 is 1.13 bits per heavy atom. The van der Waals surface area contributed by atoms with Gasteiger partial charge < -0.3 is 15.7 Å². The van der Waals surface area contributed by atoms with E-state index in [4.69, 9.17) is 5.11 Å². The van der Waals surface area contributed by atoms with Crippen LogP contribution in [0.4, 0.5) is 0 Å². The molecule has 0 saturated heterocycles. The fourth-order valence-corrected chi connectivity index (χ4v) is 1.68. The molecule has 0 fully saturated rings. The topological polar surface area (TPSA) is 44.3 Å². The third-order valence-electron chi connectivity index (χ3n) is 1.68. The summed E-state index contributed by atoms with van der Waals surface area (Å²) in [7, 11) is 0. The summed E-state index contributed by atoms with van der Waals surface area (Å²) in [6.45, 7) is 3.68. The molecule has 1 heterocycles. The summed E-state index contributed by atoms with van der Waals surface area (Å²) in [6.07, 6.45) is 0. The molecule has 1 aromatic rings. The molecule has 3 nitrogen and oxygen atoms in total. The Kier molecular flexibility index (Phi) is 14.3. The number of hydrogen-bond donors (Lipinski definition) is 3. The van der Waals surface area contributed by atoms with Crippen molar-refractivity contribution >= 4 is 36.2 Å². The molecule has 0 unspecified atom stereocenters. The standard InChI is InChI=1S/C9H16N2OS.2ClH/c12-5-4-10-2-3-11-7-9-1-6-13-8-9;;/h1,6,8,10-12H,2-5,7H2;2*1H. The summed E-state index contributed by atoms with van der Waals surface area (Å²) in [6, 6.07) is 2.12. The predicted molar refractivity (Wildman–Crippen MR) is 70.5 cm³/mol. The van der Waals surface area contributed by atoms with E-state index in [1.54, 1.807) is 11.3 Å². The van der Waals surface area contributed by atoms with Crippen molar-refractivity contribution in [1.29, 1.82) is 0 Å². The van der Waals surface area contributed by atoms with Gasteiger partial charge in [-0.3, -0.25) is 0 Å². The van der Waals surface area contributed by atoms with Gasteiger partial charge in [-0.1, -0.05) is 0 Å². The maximum absolute atomic E-state index is 8.49. The number of hydrogen-bond acceptors (Lipinski definition) is 4. The lowest BCUT2D eigenvalue weighted by Gasteiger charge is -2.03. The molecule has 0 saturated carbocycles. The highest BCUT2D eigenvalue weighted by atomic mass is 35.5. The molecule has 0 aliphatic carbocycles. The first-order valence-electron chi connectivity index (χ1n) is 4.47. The third kappa shape index (κ3) is 9.11. The van der Waals surface area contributed by atoms with Crippen LogP contribution in [0.2, 0.25) is 0 Å². The molecule has 3 N–H and O–H groups in total. The number of thiophene rings is 1. The molecule has 0 aliphatic rings. The third-order valence-corrected chi connectivity index (χ3v) is 2.41. The van der Waals surface area contributed by atoms with E-state index in [1.807, 2.05) is 0 Å². The van der Waals surface area contributed by atoms with Crippen LogP contribution in [-0.2, 0) is 6.54 Å². The fourth-order valence-electron chi connectivity index (χ4n) is 1.01. The van der Waals surface area contributed by atoms with E-state index < -0.39 is 0 Å². The molecule has 0 amide bonds. The minimum absolute atomic E-state index is 0. The SMILES string of the molecule is Cl.Cl.OCCNCCNCc1ccsc1. The van der Waals surface area contributed by atoms with Crippen LogP contribution in [0.5, 0.6) is 0 Å². The summed E-state index contributed by atoms with van der Waals surface area (Å²) in [5.74, 6) is 0. The summed E-state index contributed by atoms with van der Waals surface area (Å²) in [4.78, 5) is 0. The van der Waals surface area contributed by atoms with Gasteiger partial charge in [0.15, 0.2) is 0 Å². The molecular formula is C9H18Cl2N2OS. The summed E-state index contributed by atoms with van der Waals surface area (Å²) >= 11 is 1.72. The first-order valence-corrected chi connectivity index (χ1v) is 5.41. The molecule has 1 rings (SSSR count). The van der Waals surface area contributed by atoms with Gasteiger partial charge in [-0.05, 0) is 22.4 Å². The van der Waals surface area contributed by atoms with Gasteiger partial charge in [0.05, 0.1) is 6.61 Å². The zero-order valence-electron chi connectivity index (χ0n) is 8.44. The number of aliphatic hydroxyl groups is 1. The normalized spacial score (nSPS) is 9.13. The van der Waals surface area contributed by atoms with Crippen molar-refractivity contribution in [3.05, 3.63) is 22.4 Å². The van der Waals surface area contributed by atoms with Crippen LogP contribution in [0.1, 0.15) is 5.56 Å². The Morgan fingerprint density at radius 2 is 1.87 bits per heavy atom. The van der Waals surface area contributed by atoms with E-state index in [9.17, 15) is 0 Å². The average Bonchev–Trinajstić information content (AvgIpc) is 2.63. The van der Waals surface area contributed by atoms with Gasteiger partial charge in [0.2, 0.25) is 0 Å². The second-order valence-electron chi connectivity index (χ2n) is 2.78. The Balaban J connectivity index is 0. The molecular weight excluding hydrogens is 255 g/mol. The van der Waals surface area contributed by atoms with Gasteiger partial charge >= 0.3 is 0 Å². The minimum Gasteiger partial charge on any atom is -0.395 e. The van der Waals surface area contributed by atoms with Crippen LogP contribution in [0.3, 0.4) is 0 Å². The molecule has 90 valence electrons. The number of nitrogens with one attached hydrogen (secondary N) is 2. The van der Waals surface area contributed by atoms with Gasteiger partial charge in [0, 0.05) is 26.2 Å². The highest BCUT2D eigenvalue weighted by Gasteiger charge is 1.91. The number of rotatable bonds is 7. The van der Waals surface area contributed by atoms with Crippen molar-refractivity contribution in [2.45, 2.75) is 6.54 Å². The van der Waals surface area contributed by atoms with Crippen molar-refractivity contribution < 1.29 is 5.11 Å². The summed E-state index contributed by atoms with van der Waals surface area (Å²) in [5.41, 5.74) is 1.34. The first-order chi connectivity index (χ1) is 6.43. The van der Waals surface area contributed by atoms with E-state index in [-0.39, 0.29) is 31.4 Å². The quantitative estimate of drug-likeness (QED) is 0.655. The maximum Gasteiger partial charge on any atom is 0.0555 e. The zero-order valence-corrected chi connectivity index (χ0v) is 10.9. The van der Waals surface area contributed by atoms with Gasteiger partial charge in [0.1, 0.15) is 0 Å². The van der Waals surface area contributed by atoms with E-state index in [0.717, 1.165) is 19.6 Å². The summed E-state index contributed by atoms with van der Waals surface area (Å²) in [5, 5.41) is 19.1. The fraction of sp³-hybridized carbons (Fsp3) is 0.556. The molecule has 0 spiro atoms. The molecule has 0 aliphatic heterocycles. The molecule has 0 radical (unpaired) electrons. The molecule has 1 aromatic heterocycles. The van der Waals surface area contributed by atoms with E-state index in [2.05, 4.69) is 27.5 Å². The molecule has 0 bridgehead atoms. The van der Waals surface area contributed by atoms with Gasteiger partial charge in [-0.15, -0.1) is 24.8 Å². The Bertz CT molecular complexity index is 210. The molecule has 0 aromatic carbocycles. The van der Waals surface area contributed by atoms with Crippen LogP contribution >= 0.6 is 36.2 Å². The molecule has 0 atom stereocenters. The lowest BCUT2D eigenvalue weighted by molar-refractivity contribution is 0.292. The van der Waals surface area contributed by atoms with Crippen molar-refractivity contribution in [2.24, 2.45) is 0 Å². The second kappa shape index (κ2) is 12.2. The molecule has 15 heavy (non-hydrogen) atoms. The van der Waals surface area contributed by atoms with E-state index in [0.29, 0.717) is 6.54 Å². The second-order valence-corrected chi connectivity index (χ2v) is 3.56. The van der Waals surface area contributed by atoms with Gasteiger partial charge in [0.25, 0.3) is 0 Å². The Labute approximate surface area is 107 Å². The van der Waals surface area contributed by atoms with Gasteiger partial charge in [-0.25, -0.2) is 0 Å². The lowest BCUT2D eigenvalue weighted by atomic mass is 10.3. The van der Waals surface area contributed by atoms with Crippen LogP contribution in [-0.4, -0.2) is 31.3 Å². The van der Waals surface area contributed by atoms with Crippen LogP contribution in [0.15, 0.2) is 16.8 Å². The summed E-state index contributed by atoms with van der Waals surface area (Å²) < 4.78 is 0. The van der Waals surface area contributed by atoms with Crippen molar-refractivity contribution in [2.75, 3.05) is 26.2 Å². The largest absolute Gasteiger partial charge is 0.395 e.